The molecule has 1 saturated heterocycles. The highest BCUT2D eigenvalue weighted by Gasteiger charge is 2.68. The van der Waals surface area contributed by atoms with Crippen molar-refractivity contribution in [2.24, 2.45) is 5.92 Å². The molecule has 42 heavy (non-hydrogen) atoms. The van der Waals surface area contributed by atoms with Crippen LogP contribution < -0.4 is 0 Å². The van der Waals surface area contributed by atoms with Crippen LogP contribution in [0.25, 0.3) is 0 Å². The lowest BCUT2D eigenvalue weighted by Gasteiger charge is -2.62. The second kappa shape index (κ2) is 18.5. The van der Waals surface area contributed by atoms with E-state index in [4.69, 9.17) is 0 Å². The molecule has 0 aromatic heterocycles. The number of aryl methyl sites for hydroxylation is 1. The van der Waals surface area contributed by atoms with E-state index in [0.29, 0.717) is 5.16 Å². The summed E-state index contributed by atoms with van der Waals surface area (Å²) in [6.45, 7) is 9.44. The number of benzene rings is 1. The van der Waals surface area contributed by atoms with Crippen LogP contribution in [0.1, 0.15) is 166 Å². The molecule has 4 rings (SSSR count). The molecular weight excluding hydrogens is 542 g/mol. The minimum Gasteiger partial charge on any atom is -0.0801 e. The van der Waals surface area contributed by atoms with Crippen molar-refractivity contribution in [3.05, 3.63) is 59.2 Å². The molecule has 2 heteroatoms. The first kappa shape index (κ1) is 34.4. The van der Waals surface area contributed by atoms with Crippen LogP contribution in [0.4, 0.5) is 0 Å². The van der Waals surface area contributed by atoms with Crippen molar-refractivity contribution in [2.75, 3.05) is 12.3 Å². The van der Waals surface area contributed by atoms with Gasteiger partial charge in [0.1, 0.15) is 0 Å². The largest absolute Gasteiger partial charge is 0.0801 e. The molecule has 1 spiro atoms. The predicted molar refractivity (Wildman–Crippen MR) is 194 cm³/mol. The fourth-order valence-electron chi connectivity index (χ4n) is 8.75. The molecule has 2 fully saturated rings. The van der Waals surface area contributed by atoms with Gasteiger partial charge in [-0.2, -0.15) is 0 Å². The van der Waals surface area contributed by atoms with Gasteiger partial charge in [0, 0.05) is 10.8 Å². The molecule has 1 saturated carbocycles. The average Bonchev–Trinajstić information content (AvgIpc) is 3.30. The van der Waals surface area contributed by atoms with Crippen molar-refractivity contribution >= 4 is 15.2 Å². The molecule has 6 atom stereocenters. The molecule has 0 nitrogen and oxygen atoms in total. The third kappa shape index (κ3) is 8.23. The van der Waals surface area contributed by atoms with Crippen LogP contribution in [0.5, 0.6) is 0 Å². The fraction of sp³-hybridized carbons (Fsp3) is 0.750. The molecule has 1 aromatic carbocycles. The Labute approximate surface area is 264 Å². The molecule has 0 radical (unpaired) electrons. The number of hydrogen-bond donors (Lipinski definition) is 0. The topological polar surface area (TPSA) is 0 Å². The summed E-state index contributed by atoms with van der Waals surface area (Å²) in [6, 6.07) is 7.49. The van der Waals surface area contributed by atoms with Crippen molar-refractivity contribution < 1.29 is 0 Å². The summed E-state index contributed by atoms with van der Waals surface area (Å²) in [5, 5.41) is 0.535. The first-order chi connectivity index (χ1) is 20.7. The van der Waals surface area contributed by atoms with Gasteiger partial charge in [0.15, 0.2) is 0 Å². The molecule has 0 bridgehead atoms. The van der Waals surface area contributed by atoms with E-state index in [1.807, 2.05) is 0 Å². The van der Waals surface area contributed by atoms with Gasteiger partial charge < -0.3 is 0 Å². The average molecular weight is 609 g/mol. The Morgan fingerprint density at radius 2 is 1.29 bits per heavy atom. The van der Waals surface area contributed by atoms with Crippen LogP contribution in [-0.4, -0.2) is 23.1 Å². The third-order valence-electron chi connectivity index (χ3n) is 10.8. The summed E-state index contributed by atoms with van der Waals surface area (Å²) < 4.78 is 0. The molecule has 2 aliphatic carbocycles. The molecular formula is C40H66P2. The maximum Gasteiger partial charge on any atom is 0.0265 e. The van der Waals surface area contributed by atoms with Crippen molar-refractivity contribution in [3.63, 3.8) is 0 Å². The Morgan fingerprint density at radius 1 is 0.667 bits per heavy atom. The Hall–Kier alpha value is -0.440. The van der Waals surface area contributed by atoms with Gasteiger partial charge in [-0.3, -0.25) is 0 Å². The summed E-state index contributed by atoms with van der Waals surface area (Å²) in [5.41, 5.74) is 6.17. The predicted octanol–water partition coefficient (Wildman–Crippen LogP) is 13.7. The van der Waals surface area contributed by atoms with Crippen LogP contribution in [0.3, 0.4) is 0 Å². The quantitative estimate of drug-likeness (QED) is 0.0907. The molecule has 1 aromatic rings. The second-order valence-corrected chi connectivity index (χ2v) is 20.8. The van der Waals surface area contributed by atoms with Crippen molar-refractivity contribution in [1.29, 1.82) is 0 Å². The van der Waals surface area contributed by atoms with E-state index >= 15 is 0 Å². The van der Waals surface area contributed by atoms with Gasteiger partial charge >= 0.3 is 0 Å². The Morgan fingerprint density at radius 3 is 1.93 bits per heavy atom. The molecule has 0 amide bonds. The normalized spacial score (nSPS) is 27.7. The lowest BCUT2D eigenvalue weighted by atomic mass is 9.86. The summed E-state index contributed by atoms with van der Waals surface area (Å²) in [7, 11) is 0.301. The van der Waals surface area contributed by atoms with Gasteiger partial charge in [-0.05, 0) is 73.0 Å². The second-order valence-electron chi connectivity index (χ2n) is 13.9. The van der Waals surface area contributed by atoms with Gasteiger partial charge in [-0.1, -0.05) is 182 Å². The van der Waals surface area contributed by atoms with E-state index in [-0.39, 0.29) is 15.2 Å². The zero-order chi connectivity index (χ0) is 29.6. The first-order valence-corrected chi connectivity index (χ1v) is 22.6. The summed E-state index contributed by atoms with van der Waals surface area (Å²) in [5.74, 6) is 1.60. The van der Waals surface area contributed by atoms with E-state index in [9.17, 15) is 0 Å². The summed E-state index contributed by atoms with van der Waals surface area (Å²) in [6.07, 6.45) is 41.9. The molecule has 3 aliphatic rings. The highest BCUT2D eigenvalue weighted by Crippen LogP contribution is 2.96. The van der Waals surface area contributed by atoms with E-state index in [1.165, 1.54) is 128 Å². The van der Waals surface area contributed by atoms with Crippen LogP contribution in [-0.2, 0) is 12.8 Å². The molecule has 6 unspecified atom stereocenters. The standard InChI is InChI=1S/C40H66P2/c1-5-9-11-13-15-17-19-23-32-42-40-30-21-20-28-35(40)33-38(37-29-24-27-34(25-7-3)36(37)26-8-4)39(40)41(42)31-22-18-16-14-12-10-6-2/h20-21,24,27-30,35,38-39H,5-19,22-23,25-26,31-33H2,1-4H3. The van der Waals surface area contributed by atoms with E-state index in [2.05, 4.69) is 70.2 Å². The van der Waals surface area contributed by atoms with Gasteiger partial charge in [0.2, 0.25) is 0 Å². The monoisotopic (exact) mass is 608 g/mol. The number of unbranched alkanes of at least 4 members (excludes halogenated alkanes) is 13. The zero-order valence-corrected chi connectivity index (χ0v) is 30.0. The van der Waals surface area contributed by atoms with Crippen LogP contribution in [0, 0.1) is 5.92 Å². The maximum absolute atomic E-state index is 2.80. The fourth-order valence-corrected chi connectivity index (χ4v) is 21.2. The maximum atomic E-state index is 2.80. The minimum atomic E-state index is 0.138. The van der Waals surface area contributed by atoms with Gasteiger partial charge in [-0.15, -0.1) is 0 Å². The molecule has 236 valence electrons. The lowest BCUT2D eigenvalue weighted by Crippen LogP contribution is -2.48. The van der Waals surface area contributed by atoms with Crippen molar-refractivity contribution in [1.82, 2.24) is 0 Å². The van der Waals surface area contributed by atoms with Gasteiger partial charge in [0.05, 0.1) is 0 Å². The summed E-state index contributed by atoms with van der Waals surface area (Å²) >= 11 is 0. The van der Waals surface area contributed by atoms with Crippen LogP contribution in [0.15, 0.2) is 42.5 Å². The zero-order valence-electron chi connectivity index (χ0n) is 28.2. The SMILES string of the molecule is CCCCCCCCCCP1P(CCCCCCCCC)C2C(c3cccc(CCC)c3CCC)CC3C=CC=CC321. The smallest absolute Gasteiger partial charge is 0.0265 e. The minimum absolute atomic E-state index is 0.138. The number of rotatable bonds is 22. The van der Waals surface area contributed by atoms with Crippen LogP contribution in [0.2, 0.25) is 0 Å². The molecule has 1 aliphatic heterocycles. The summed E-state index contributed by atoms with van der Waals surface area (Å²) in [4.78, 5) is 0. The Balaban J connectivity index is 1.51. The third-order valence-corrected chi connectivity index (χ3v) is 21.1. The highest BCUT2D eigenvalue weighted by molar-refractivity contribution is 8.34. The molecule has 1 heterocycles. The van der Waals surface area contributed by atoms with Gasteiger partial charge in [0.25, 0.3) is 0 Å². The van der Waals surface area contributed by atoms with Crippen LogP contribution >= 0.6 is 15.2 Å². The van der Waals surface area contributed by atoms with E-state index in [1.54, 1.807) is 29.0 Å². The lowest BCUT2D eigenvalue weighted by molar-refractivity contribution is 0.573. The number of allylic oxidation sites excluding steroid dienone is 4. The highest BCUT2D eigenvalue weighted by atomic mass is 32.1. The number of hydrogen-bond acceptors (Lipinski definition) is 0. The van der Waals surface area contributed by atoms with E-state index < -0.39 is 0 Å². The Kier molecular flexibility index (Phi) is 15.2. The van der Waals surface area contributed by atoms with E-state index in [0.717, 1.165) is 17.5 Å². The first-order valence-electron chi connectivity index (χ1n) is 18.7. The van der Waals surface area contributed by atoms with Crippen molar-refractivity contribution in [3.8, 4) is 0 Å². The Bertz CT molecular complexity index is 962. The van der Waals surface area contributed by atoms with Crippen molar-refractivity contribution in [2.45, 2.75) is 173 Å². The molecule has 0 N–H and O–H groups in total. The van der Waals surface area contributed by atoms with Gasteiger partial charge in [-0.25, -0.2) is 0 Å².